The van der Waals surface area contributed by atoms with Crippen LogP contribution >= 0.6 is 23.1 Å². The fraction of sp³-hybridized carbons (Fsp3) is 0.357. The van der Waals surface area contributed by atoms with Crippen molar-refractivity contribution >= 4 is 34.1 Å². The summed E-state index contributed by atoms with van der Waals surface area (Å²) in [6.07, 6.45) is 0. The SMILES string of the molecule is Cc1ccc(C)c(C(=O)Nc2nnc(SC(C)C)s2)c1. The van der Waals surface area contributed by atoms with Gasteiger partial charge in [0.15, 0.2) is 4.34 Å². The fourth-order valence-electron chi connectivity index (χ4n) is 1.65. The van der Waals surface area contributed by atoms with Gasteiger partial charge in [0.2, 0.25) is 5.13 Å². The van der Waals surface area contributed by atoms with Gasteiger partial charge in [-0.1, -0.05) is 54.6 Å². The maximum Gasteiger partial charge on any atom is 0.257 e. The summed E-state index contributed by atoms with van der Waals surface area (Å²) in [4.78, 5) is 12.2. The van der Waals surface area contributed by atoms with Crippen LogP contribution in [0.25, 0.3) is 0 Å². The highest BCUT2D eigenvalue weighted by Gasteiger charge is 2.13. The van der Waals surface area contributed by atoms with E-state index in [0.717, 1.165) is 15.5 Å². The molecule has 6 heteroatoms. The quantitative estimate of drug-likeness (QED) is 0.687. The molecular formula is C14H17N3OS2. The molecule has 0 aliphatic heterocycles. The number of benzene rings is 1. The highest BCUT2D eigenvalue weighted by atomic mass is 32.2. The molecular weight excluding hydrogens is 290 g/mol. The number of nitrogens with one attached hydrogen (secondary N) is 1. The number of rotatable bonds is 4. The monoisotopic (exact) mass is 307 g/mol. The first-order chi connectivity index (χ1) is 9.45. The van der Waals surface area contributed by atoms with Crippen molar-refractivity contribution in [2.75, 3.05) is 5.32 Å². The molecule has 0 spiro atoms. The molecule has 1 aromatic carbocycles. The molecule has 0 unspecified atom stereocenters. The van der Waals surface area contributed by atoms with Crippen LogP contribution in [0.2, 0.25) is 0 Å². The Kier molecular flexibility index (Phi) is 4.77. The van der Waals surface area contributed by atoms with Gasteiger partial charge in [0.1, 0.15) is 0 Å². The number of anilines is 1. The summed E-state index contributed by atoms with van der Waals surface area (Å²) in [7, 11) is 0. The summed E-state index contributed by atoms with van der Waals surface area (Å²) in [6.45, 7) is 8.09. The minimum absolute atomic E-state index is 0.136. The summed E-state index contributed by atoms with van der Waals surface area (Å²) >= 11 is 3.04. The number of hydrogen-bond acceptors (Lipinski definition) is 5. The zero-order chi connectivity index (χ0) is 14.7. The lowest BCUT2D eigenvalue weighted by Gasteiger charge is -2.06. The Balaban J connectivity index is 2.11. The Morgan fingerprint density at radius 2 is 2.05 bits per heavy atom. The number of nitrogens with zero attached hydrogens (tertiary/aromatic N) is 2. The van der Waals surface area contributed by atoms with Gasteiger partial charge in [-0.2, -0.15) is 0 Å². The van der Waals surface area contributed by atoms with E-state index in [2.05, 4.69) is 29.4 Å². The first-order valence-corrected chi connectivity index (χ1v) is 8.04. The van der Waals surface area contributed by atoms with Gasteiger partial charge in [-0.15, -0.1) is 10.2 Å². The molecule has 0 bridgehead atoms. The van der Waals surface area contributed by atoms with E-state index in [4.69, 9.17) is 0 Å². The van der Waals surface area contributed by atoms with Crippen LogP contribution in [-0.2, 0) is 0 Å². The molecule has 1 amide bonds. The minimum atomic E-state index is -0.136. The smallest absolute Gasteiger partial charge is 0.257 e. The molecule has 0 atom stereocenters. The van der Waals surface area contributed by atoms with E-state index in [1.54, 1.807) is 11.8 Å². The fourth-order valence-corrected chi connectivity index (χ4v) is 3.62. The molecule has 0 radical (unpaired) electrons. The molecule has 106 valence electrons. The van der Waals surface area contributed by atoms with E-state index < -0.39 is 0 Å². The third-order valence-electron chi connectivity index (χ3n) is 2.60. The van der Waals surface area contributed by atoms with Crippen LogP contribution in [0.5, 0.6) is 0 Å². The van der Waals surface area contributed by atoms with E-state index >= 15 is 0 Å². The summed E-state index contributed by atoms with van der Waals surface area (Å²) in [5.74, 6) is -0.136. The molecule has 0 saturated heterocycles. The van der Waals surface area contributed by atoms with E-state index in [0.29, 0.717) is 15.9 Å². The van der Waals surface area contributed by atoms with Gasteiger partial charge in [-0.3, -0.25) is 10.1 Å². The van der Waals surface area contributed by atoms with Crippen molar-refractivity contribution in [3.63, 3.8) is 0 Å². The number of thioether (sulfide) groups is 1. The molecule has 1 aromatic heterocycles. The Morgan fingerprint density at radius 3 is 2.75 bits per heavy atom. The average Bonchev–Trinajstić information content (AvgIpc) is 2.78. The molecule has 20 heavy (non-hydrogen) atoms. The molecule has 2 rings (SSSR count). The number of aromatic nitrogens is 2. The standard InChI is InChI=1S/C14H17N3OS2/c1-8(2)19-14-17-16-13(20-14)15-12(18)11-7-9(3)5-6-10(11)4/h5-8H,1-4H3,(H,15,16,18). The third kappa shape index (κ3) is 3.80. The van der Waals surface area contributed by atoms with Crippen LogP contribution in [0.1, 0.15) is 35.3 Å². The van der Waals surface area contributed by atoms with E-state index in [1.165, 1.54) is 11.3 Å². The molecule has 4 nitrogen and oxygen atoms in total. The van der Waals surface area contributed by atoms with Gasteiger partial charge < -0.3 is 0 Å². The number of hydrogen-bond donors (Lipinski definition) is 1. The topological polar surface area (TPSA) is 54.9 Å². The predicted octanol–water partition coefficient (Wildman–Crippen LogP) is 3.91. The van der Waals surface area contributed by atoms with Crippen LogP contribution < -0.4 is 5.32 Å². The Bertz CT molecular complexity index is 623. The van der Waals surface area contributed by atoms with Gasteiger partial charge in [0.25, 0.3) is 5.91 Å². The highest BCUT2D eigenvalue weighted by Crippen LogP contribution is 2.28. The van der Waals surface area contributed by atoms with Crippen molar-refractivity contribution in [2.24, 2.45) is 0 Å². The second-order valence-electron chi connectivity index (χ2n) is 4.81. The van der Waals surface area contributed by atoms with Crippen molar-refractivity contribution in [1.82, 2.24) is 10.2 Å². The molecule has 0 aliphatic carbocycles. The maximum atomic E-state index is 12.2. The second kappa shape index (κ2) is 6.37. The van der Waals surface area contributed by atoms with Gasteiger partial charge in [0, 0.05) is 10.8 Å². The van der Waals surface area contributed by atoms with Crippen molar-refractivity contribution in [2.45, 2.75) is 37.3 Å². The first-order valence-electron chi connectivity index (χ1n) is 6.34. The Morgan fingerprint density at radius 1 is 1.30 bits per heavy atom. The van der Waals surface area contributed by atoms with E-state index in [1.807, 2.05) is 32.0 Å². The number of aryl methyl sites for hydroxylation is 2. The van der Waals surface area contributed by atoms with Crippen LogP contribution in [0.3, 0.4) is 0 Å². The van der Waals surface area contributed by atoms with Crippen LogP contribution in [-0.4, -0.2) is 21.4 Å². The van der Waals surface area contributed by atoms with Crippen LogP contribution in [0, 0.1) is 13.8 Å². The van der Waals surface area contributed by atoms with Gasteiger partial charge in [0.05, 0.1) is 0 Å². The van der Waals surface area contributed by atoms with Crippen molar-refractivity contribution in [3.05, 3.63) is 34.9 Å². The number of amides is 1. The zero-order valence-corrected chi connectivity index (χ0v) is 13.6. The minimum Gasteiger partial charge on any atom is -0.296 e. The molecule has 0 aliphatic rings. The molecule has 0 fully saturated rings. The molecule has 2 aromatic rings. The normalized spacial score (nSPS) is 10.8. The first kappa shape index (κ1) is 15.0. The Labute approximate surface area is 127 Å². The largest absolute Gasteiger partial charge is 0.296 e. The van der Waals surface area contributed by atoms with Gasteiger partial charge >= 0.3 is 0 Å². The predicted molar refractivity (Wildman–Crippen MR) is 84.8 cm³/mol. The summed E-state index contributed by atoms with van der Waals surface area (Å²) in [5, 5.41) is 11.9. The molecule has 1 N–H and O–H groups in total. The van der Waals surface area contributed by atoms with E-state index in [-0.39, 0.29) is 5.91 Å². The molecule has 1 heterocycles. The van der Waals surface area contributed by atoms with Crippen LogP contribution in [0.15, 0.2) is 22.5 Å². The average molecular weight is 307 g/mol. The summed E-state index contributed by atoms with van der Waals surface area (Å²) < 4.78 is 0.872. The third-order valence-corrected chi connectivity index (χ3v) is 4.53. The number of carbonyl (C=O) groups is 1. The molecule has 0 saturated carbocycles. The van der Waals surface area contributed by atoms with E-state index in [9.17, 15) is 4.79 Å². The van der Waals surface area contributed by atoms with Gasteiger partial charge in [-0.05, 0) is 25.5 Å². The van der Waals surface area contributed by atoms with Crippen molar-refractivity contribution < 1.29 is 4.79 Å². The Hall–Kier alpha value is -1.40. The lowest BCUT2D eigenvalue weighted by Crippen LogP contribution is -2.13. The van der Waals surface area contributed by atoms with Crippen molar-refractivity contribution in [3.8, 4) is 0 Å². The lowest BCUT2D eigenvalue weighted by atomic mass is 10.1. The zero-order valence-electron chi connectivity index (χ0n) is 11.9. The summed E-state index contributed by atoms with van der Waals surface area (Å²) in [6, 6.07) is 5.83. The second-order valence-corrected chi connectivity index (χ2v) is 7.61. The lowest BCUT2D eigenvalue weighted by molar-refractivity contribution is 0.102. The van der Waals surface area contributed by atoms with Gasteiger partial charge in [-0.25, -0.2) is 0 Å². The highest BCUT2D eigenvalue weighted by molar-refractivity contribution is 8.01. The maximum absolute atomic E-state index is 12.2. The van der Waals surface area contributed by atoms with Crippen LogP contribution in [0.4, 0.5) is 5.13 Å². The number of carbonyl (C=O) groups excluding carboxylic acids is 1. The van der Waals surface area contributed by atoms with Crippen molar-refractivity contribution in [1.29, 1.82) is 0 Å². The summed E-state index contributed by atoms with van der Waals surface area (Å²) in [5.41, 5.74) is 2.70.